The van der Waals surface area contributed by atoms with Gasteiger partial charge in [0.15, 0.2) is 22.9 Å². The van der Waals surface area contributed by atoms with Crippen molar-refractivity contribution >= 4 is 17.2 Å². The highest BCUT2D eigenvalue weighted by Crippen LogP contribution is 2.38. The average Bonchev–Trinajstić information content (AvgIpc) is 3.38. The molecule has 0 N–H and O–H groups in total. The molecular formula is C25H24F3N3O4S. The van der Waals surface area contributed by atoms with Gasteiger partial charge < -0.3 is 19.1 Å². The molecule has 7 nitrogen and oxygen atoms in total. The first-order valence-corrected chi connectivity index (χ1v) is 12.6. The van der Waals surface area contributed by atoms with Gasteiger partial charge in [-0.25, -0.2) is 9.97 Å². The normalized spacial score (nSPS) is 16.2. The van der Waals surface area contributed by atoms with Crippen LogP contribution in [0.5, 0.6) is 17.2 Å². The number of alkyl halides is 3. The van der Waals surface area contributed by atoms with E-state index < -0.39 is 17.6 Å². The number of carbonyl (C=O) groups excluding carboxylic acids is 1. The van der Waals surface area contributed by atoms with Crippen LogP contribution < -0.4 is 14.2 Å². The van der Waals surface area contributed by atoms with Crippen LogP contribution in [0.15, 0.2) is 35.8 Å². The van der Waals surface area contributed by atoms with Crippen molar-refractivity contribution in [3.63, 3.8) is 0 Å². The van der Waals surface area contributed by atoms with Gasteiger partial charge in [0.2, 0.25) is 0 Å². The Hall–Kier alpha value is -3.34. The lowest BCUT2D eigenvalue weighted by molar-refractivity contribution is -0.138. The number of pyridine rings is 1. The molecule has 0 unspecified atom stereocenters. The Morgan fingerprint density at radius 2 is 1.92 bits per heavy atom. The summed E-state index contributed by atoms with van der Waals surface area (Å²) in [5.74, 6) is 1.05. The maximum Gasteiger partial charge on any atom is 0.418 e. The van der Waals surface area contributed by atoms with Crippen molar-refractivity contribution in [3.8, 4) is 28.5 Å². The number of rotatable bonds is 5. The molecule has 1 fully saturated rings. The van der Waals surface area contributed by atoms with E-state index in [2.05, 4.69) is 4.98 Å². The third kappa shape index (κ3) is 4.97. The summed E-state index contributed by atoms with van der Waals surface area (Å²) in [4.78, 5) is 23.3. The fraction of sp³-hybridized carbons (Fsp3) is 0.400. The molecule has 0 radical (unpaired) electrons. The van der Waals surface area contributed by atoms with E-state index >= 15 is 0 Å². The number of carbonyl (C=O) groups is 1. The van der Waals surface area contributed by atoms with Crippen molar-refractivity contribution in [1.82, 2.24) is 14.9 Å². The number of hydrogen-bond donors (Lipinski definition) is 0. The summed E-state index contributed by atoms with van der Waals surface area (Å²) < 4.78 is 55.8. The van der Waals surface area contributed by atoms with E-state index in [-0.39, 0.29) is 24.0 Å². The Morgan fingerprint density at radius 1 is 1.17 bits per heavy atom. The topological polar surface area (TPSA) is 73.8 Å². The van der Waals surface area contributed by atoms with Crippen molar-refractivity contribution in [2.75, 3.05) is 32.9 Å². The minimum Gasteiger partial charge on any atom is -0.491 e. The average molecular weight is 520 g/mol. The van der Waals surface area contributed by atoms with E-state index in [0.717, 1.165) is 28.1 Å². The van der Waals surface area contributed by atoms with Gasteiger partial charge in [-0.15, -0.1) is 11.3 Å². The number of fused-ring (bicyclic) bond motifs is 1. The Kier molecular flexibility index (Phi) is 6.74. The van der Waals surface area contributed by atoms with Gasteiger partial charge in [-0.1, -0.05) is 0 Å². The molecule has 3 aromatic rings. The summed E-state index contributed by atoms with van der Waals surface area (Å²) in [6, 6.07) is 6.62. The molecule has 36 heavy (non-hydrogen) atoms. The van der Waals surface area contributed by atoms with Crippen LogP contribution in [0.1, 0.15) is 46.7 Å². The number of piperidine rings is 1. The molecule has 1 saturated heterocycles. The van der Waals surface area contributed by atoms with Gasteiger partial charge in [-0.3, -0.25) is 4.79 Å². The summed E-state index contributed by atoms with van der Waals surface area (Å²) >= 11 is 1.58. The SMILES string of the molecule is CCOc1cc(C(F)(F)F)cnc1C(=O)N1CCC(c2nc(-c3ccc4c(c3)OCCO4)cs2)CC1. The number of thiazole rings is 1. The van der Waals surface area contributed by atoms with Crippen molar-refractivity contribution < 1.29 is 32.2 Å². The largest absolute Gasteiger partial charge is 0.491 e. The zero-order valence-electron chi connectivity index (χ0n) is 19.5. The summed E-state index contributed by atoms with van der Waals surface area (Å²) in [5, 5.41) is 3.01. The van der Waals surface area contributed by atoms with E-state index in [0.29, 0.717) is 51.1 Å². The number of likely N-dealkylation sites (tertiary alicyclic amines) is 1. The zero-order valence-corrected chi connectivity index (χ0v) is 20.3. The number of benzene rings is 1. The molecule has 1 amide bonds. The number of halogens is 3. The van der Waals surface area contributed by atoms with Crippen molar-refractivity contribution in [1.29, 1.82) is 0 Å². The minimum absolute atomic E-state index is 0.0987. The van der Waals surface area contributed by atoms with Crippen LogP contribution in [0.25, 0.3) is 11.3 Å². The maximum atomic E-state index is 13.1. The van der Waals surface area contributed by atoms with Crippen LogP contribution >= 0.6 is 11.3 Å². The Labute approximate surface area is 209 Å². The van der Waals surface area contributed by atoms with E-state index in [9.17, 15) is 18.0 Å². The highest BCUT2D eigenvalue weighted by atomic mass is 32.1. The van der Waals surface area contributed by atoms with E-state index in [1.165, 1.54) is 0 Å². The van der Waals surface area contributed by atoms with Crippen LogP contribution in [0, 0.1) is 0 Å². The number of ether oxygens (including phenoxy) is 3. The predicted molar refractivity (Wildman–Crippen MR) is 127 cm³/mol. The smallest absolute Gasteiger partial charge is 0.418 e. The molecule has 190 valence electrons. The molecule has 0 bridgehead atoms. The number of amides is 1. The fourth-order valence-electron chi connectivity index (χ4n) is 4.32. The first kappa shape index (κ1) is 24.4. The monoisotopic (exact) mass is 519 g/mol. The number of aromatic nitrogens is 2. The van der Waals surface area contributed by atoms with Crippen molar-refractivity contribution in [2.45, 2.75) is 31.9 Å². The maximum absolute atomic E-state index is 13.1. The summed E-state index contributed by atoms with van der Waals surface area (Å²) in [7, 11) is 0. The minimum atomic E-state index is -4.56. The van der Waals surface area contributed by atoms with Crippen LogP contribution in [0.2, 0.25) is 0 Å². The molecule has 2 aliphatic rings. The Bertz CT molecular complexity index is 1260. The second-order valence-electron chi connectivity index (χ2n) is 8.50. The lowest BCUT2D eigenvalue weighted by Crippen LogP contribution is -2.38. The second kappa shape index (κ2) is 9.96. The lowest BCUT2D eigenvalue weighted by Gasteiger charge is -2.31. The van der Waals surface area contributed by atoms with Gasteiger partial charge in [-0.05, 0) is 44.0 Å². The van der Waals surface area contributed by atoms with Crippen LogP contribution in [-0.2, 0) is 6.18 Å². The fourth-order valence-corrected chi connectivity index (χ4v) is 5.32. The predicted octanol–water partition coefficient (Wildman–Crippen LogP) is 5.41. The molecule has 1 aromatic carbocycles. The Balaban J connectivity index is 1.26. The molecule has 2 aliphatic heterocycles. The first-order valence-electron chi connectivity index (χ1n) is 11.7. The van der Waals surface area contributed by atoms with Gasteiger partial charge >= 0.3 is 6.18 Å². The second-order valence-corrected chi connectivity index (χ2v) is 9.39. The van der Waals surface area contributed by atoms with Crippen LogP contribution in [0.3, 0.4) is 0 Å². The lowest BCUT2D eigenvalue weighted by atomic mass is 9.97. The van der Waals surface area contributed by atoms with Gasteiger partial charge in [0.05, 0.1) is 22.9 Å². The molecule has 4 heterocycles. The zero-order chi connectivity index (χ0) is 25.3. The molecule has 0 saturated carbocycles. The van der Waals surface area contributed by atoms with E-state index in [1.54, 1.807) is 23.2 Å². The standard InChI is InChI=1S/C25H24F3N3O4S/c1-2-33-21-12-17(25(26,27)28)13-29-22(21)24(32)31-7-5-15(6-8-31)23-30-18(14-36-23)16-3-4-19-20(11-16)35-10-9-34-19/h3-4,11-15H,2,5-10H2,1H3. The van der Waals surface area contributed by atoms with Crippen molar-refractivity contribution in [2.24, 2.45) is 0 Å². The molecule has 0 aliphatic carbocycles. The molecule has 2 aromatic heterocycles. The molecular weight excluding hydrogens is 495 g/mol. The molecule has 0 spiro atoms. The Morgan fingerprint density at radius 3 is 2.64 bits per heavy atom. The van der Waals surface area contributed by atoms with Crippen molar-refractivity contribution in [3.05, 3.63) is 52.1 Å². The third-order valence-corrected chi connectivity index (χ3v) is 7.18. The number of hydrogen-bond acceptors (Lipinski definition) is 7. The highest BCUT2D eigenvalue weighted by Gasteiger charge is 2.34. The van der Waals surface area contributed by atoms with Crippen LogP contribution in [0.4, 0.5) is 13.2 Å². The quantitative estimate of drug-likeness (QED) is 0.449. The third-order valence-electron chi connectivity index (χ3n) is 6.17. The first-order chi connectivity index (χ1) is 17.3. The van der Waals surface area contributed by atoms with E-state index in [1.807, 2.05) is 23.6 Å². The van der Waals surface area contributed by atoms with Gasteiger partial charge in [-0.2, -0.15) is 13.2 Å². The number of nitrogens with zero attached hydrogens (tertiary/aromatic N) is 3. The van der Waals surface area contributed by atoms with Gasteiger partial charge in [0, 0.05) is 36.1 Å². The van der Waals surface area contributed by atoms with E-state index in [4.69, 9.17) is 19.2 Å². The highest BCUT2D eigenvalue weighted by molar-refractivity contribution is 7.10. The van der Waals surface area contributed by atoms with Gasteiger partial charge in [0.1, 0.15) is 13.2 Å². The van der Waals surface area contributed by atoms with Crippen LogP contribution in [-0.4, -0.2) is 53.7 Å². The molecule has 5 rings (SSSR count). The molecule has 0 atom stereocenters. The van der Waals surface area contributed by atoms with Gasteiger partial charge in [0.25, 0.3) is 5.91 Å². The summed E-state index contributed by atoms with van der Waals surface area (Å²) in [5.41, 5.74) is 0.768. The summed E-state index contributed by atoms with van der Waals surface area (Å²) in [6.07, 6.45) is -2.49. The summed E-state index contributed by atoms with van der Waals surface area (Å²) in [6.45, 7) is 3.74. The molecule has 11 heteroatoms.